The Morgan fingerprint density at radius 2 is 2.07 bits per heavy atom. The van der Waals surface area contributed by atoms with Crippen LogP contribution in [0.3, 0.4) is 0 Å². The van der Waals surface area contributed by atoms with E-state index in [4.69, 9.17) is 0 Å². The number of nitrogens with one attached hydrogen (secondary N) is 1. The molecule has 0 spiro atoms. The van der Waals surface area contributed by atoms with Crippen LogP contribution >= 0.6 is 0 Å². The van der Waals surface area contributed by atoms with Crippen LogP contribution in [0.5, 0.6) is 0 Å². The van der Waals surface area contributed by atoms with E-state index in [1.165, 1.54) is 0 Å². The van der Waals surface area contributed by atoms with E-state index in [9.17, 15) is 0 Å². The summed E-state index contributed by atoms with van der Waals surface area (Å²) in [6.07, 6.45) is 1.76. The lowest BCUT2D eigenvalue weighted by atomic mass is 10.3. The molecule has 0 aliphatic heterocycles. The van der Waals surface area contributed by atoms with Crippen molar-refractivity contribution in [3.8, 4) is 0 Å². The lowest BCUT2D eigenvalue weighted by molar-refractivity contribution is 0.363. The zero-order valence-corrected chi connectivity index (χ0v) is 9.48. The van der Waals surface area contributed by atoms with Crippen molar-refractivity contribution in [1.82, 2.24) is 4.90 Å². The summed E-state index contributed by atoms with van der Waals surface area (Å²) in [5, 5.41) is 3.13. The first-order valence-electron chi connectivity index (χ1n) is 5.31. The molecular weight excluding hydrogens is 186 g/mol. The van der Waals surface area contributed by atoms with Crippen LogP contribution in [-0.4, -0.2) is 37.9 Å². The fourth-order valence-corrected chi connectivity index (χ4v) is 1.11. The van der Waals surface area contributed by atoms with Gasteiger partial charge in [0.15, 0.2) is 0 Å². The predicted molar refractivity (Wildman–Crippen MR) is 66.6 cm³/mol. The molecule has 0 aromatic heterocycles. The molecule has 0 amide bonds. The number of hydrogen-bond acceptors (Lipinski definition) is 2. The molecule has 0 atom stereocenters. The second-order valence-electron chi connectivity index (χ2n) is 3.44. The van der Waals surface area contributed by atoms with Crippen LogP contribution in [0.4, 0.5) is 5.69 Å². The molecule has 0 aliphatic rings. The first kappa shape index (κ1) is 11.7. The van der Waals surface area contributed by atoms with Crippen molar-refractivity contribution in [2.75, 3.05) is 32.0 Å². The highest BCUT2D eigenvalue weighted by Crippen LogP contribution is 2.02. The van der Waals surface area contributed by atoms with Crippen LogP contribution in [0, 0.1) is 0 Å². The highest BCUT2D eigenvalue weighted by Gasteiger charge is 1.90. The van der Waals surface area contributed by atoms with Gasteiger partial charge in [-0.2, -0.15) is 0 Å². The standard InChI is InChI=1S/C12H19N3/c1-3-15(2)10-9-13-11-14-12-7-5-4-6-8-12/h4-8,11H,3,9-10H2,1-2H3,(H,13,14). The molecule has 0 fully saturated rings. The Morgan fingerprint density at radius 1 is 1.33 bits per heavy atom. The Hall–Kier alpha value is -1.35. The van der Waals surface area contributed by atoms with Gasteiger partial charge in [-0.25, -0.2) is 0 Å². The van der Waals surface area contributed by atoms with Crippen LogP contribution in [0.25, 0.3) is 0 Å². The van der Waals surface area contributed by atoms with Crippen molar-refractivity contribution in [1.29, 1.82) is 0 Å². The zero-order chi connectivity index (χ0) is 10.9. The van der Waals surface area contributed by atoms with Gasteiger partial charge in [0.25, 0.3) is 0 Å². The summed E-state index contributed by atoms with van der Waals surface area (Å²) in [6.45, 7) is 5.06. The lowest BCUT2D eigenvalue weighted by Gasteiger charge is -2.10. The first-order chi connectivity index (χ1) is 7.33. The summed E-state index contributed by atoms with van der Waals surface area (Å²) < 4.78 is 0. The third-order valence-electron chi connectivity index (χ3n) is 2.25. The molecule has 82 valence electrons. The van der Waals surface area contributed by atoms with Gasteiger partial charge in [-0.3, -0.25) is 4.99 Å². The topological polar surface area (TPSA) is 27.6 Å². The molecule has 1 aromatic rings. The summed E-state index contributed by atoms with van der Waals surface area (Å²) in [5.41, 5.74) is 1.07. The summed E-state index contributed by atoms with van der Waals surface area (Å²) in [5.74, 6) is 0. The van der Waals surface area contributed by atoms with Gasteiger partial charge < -0.3 is 10.2 Å². The minimum Gasteiger partial charge on any atom is -0.347 e. The lowest BCUT2D eigenvalue weighted by Crippen LogP contribution is -2.20. The number of aliphatic imine (C=N–C) groups is 1. The fourth-order valence-electron chi connectivity index (χ4n) is 1.11. The van der Waals surface area contributed by atoms with Crippen molar-refractivity contribution in [2.24, 2.45) is 4.99 Å². The maximum absolute atomic E-state index is 4.28. The van der Waals surface area contributed by atoms with Gasteiger partial charge in [0.1, 0.15) is 0 Å². The zero-order valence-electron chi connectivity index (χ0n) is 9.48. The Bertz CT molecular complexity index is 282. The number of rotatable bonds is 6. The normalized spacial score (nSPS) is 11.1. The number of anilines is 1. The summed E-state index contributed by atoms with van der Waals surface area (Å²) >= 11 is 0. The van der Waals surface area contributed by atoms with Crippen molar-refractivity contribution in [3.05, 3.63) is 30.3 Å². The second-order valence-corrected chi connectivity index (χ2v) is 3.44. The van der Waals surface area contributed by atoms with Crippen LogP contribution in [0.2, 0.25) is 0 Å². The Balaban J connectivity index is 2.17. The van der Waals surface area contributed by atoms with Crippen molar-refractivity contribution >= 4 is 12.0 Å². The number of likely N-dealkylation sites (N-methyl/N-ethyl adjacent to an activating group) is 1. The number of hydrogen-bond donors (Lipinski definition) is 1. The molecule has 0 aliphatic carbocycles. The summed E-state index contributed by atoms with van der Waals surface area (Å²) in [6, 6.07) is 10.0. The van der Waals surface area contributed by atoms with E-state index in [0.29, 0.717) is 0 Å². The highest BCUT2D eigenvalue weighted by molar-refractivity contribution is 5.75. The van der Waals surface area contributed by atoms with Crippen LogP contribution in [-0.2, 0) is 0 Å². The van der Waals surface area contributed by atoms with E-state index in [2.05, 4.69) is 29.2 Å². The maximum Gasteiger partial charge on any atom is 0.0868 e. The van der Waals surface area contributed by atoms with Crippen molar-refractivity contribution in [3.63, 3.8) is 0 Å². The van der Waals surface area contributed by atoms with Gasteiger partial charge in [0.2, 0.25) is 0 Å². The van der Waals surface area contributed by atoms with Gasteiger partial charge in [-0.05, 0) is 25.7 Å². The molecule has 1 aromatic carbocycles. The van der Waals surface area contributed by atoms with Crippen LogP contribution in [0.1, 0.15) is 6.92 Å². The third-order valence-corrected chi connectivity index (χ3v) is 2.25. The van der Waals surface area contributed by atoms with Crippen molar-refractivity contribution in [2.45, 2.75) is 6.92 Å². The highest BCUT2D eigenvalue weighted by atomic mass is 15.1. The number of nitrogens with zero attached hydrogens (tertiary/aromatic N) is 2. The molecular formula is C12H19N3. The molecule has 15 heavy (non-hydrogen) atoms. The Kier molecular flexibility index (Phi) is 5.48. The number of benzene rings is 1. The SMILES string of the molecule is CCN(C)CC/N=C/Nc1ccccc1. The van der Waals surface area contributed by atoms with E-state index < -0.39 is 0 Å². The molecule has 3 heteroatoms. The van der Waals surface area contributed by atoms with Gasteiger partial charge in [0, 0.05) is 12.2 Å². The second kappa shape index (κ2) is 7.01. The number of para-hydroxylation sites is 1. The molecule has 1 N–H and O–H groups in total. The molecule has 3 nitrogen and oxygen atoms in total. The van der Waals surface area contributed by atoms with E-state index in [0.717, 1.165) is 25.3 Å². The molecule has 1 rings (SSSR count). The molecule has 0 saturated carbocycles. The van der Waals surface area contributed by atoms with Gasteiger partial charge in [-0.1, -0.05) is 25.1 Å². The average Bonchev–Trinajstić information content (AvgIpc) is 2.29. The molecule has 0 bridgehead atoms. The van der Waals surface area contributed by atoms with E-state index in [1.807, 2.05) is 30.3 Å². The largest absolute Gasteiger partial charge is 0.347 e. The quantitative estimate of drug-likeness (QED) is 0.569. The van der Waals surface area contributed by atoms with E-state index in [1.54, 1.807) is 6.34 Å². The molecule has 0 saturated heterocycles. The Morgan fingerprint density at radius 3 is 2.73 bits per heavy atom. The third kappa shape index (κ3) is 5.18. The van der Waals surface area contributed by atoms with Crippen LogP contribution in [0.15, 0.2) is 35.3 Å². The molecule has 0 heterocycles. The molecule has 0 unspecified atom stereocenters. The minimum absolute atomic E-state index is 0.837. The molecule has 0 radical (unpaired) electrons. The van der Waals surface area contributed by atoms with Gasteiger partial charge >= 0.3 is 0 Å². The minimum atomic E-state index is 0.837. The fraction of sp³-hybridized carbons (Fsp3) is 0.417. The average molecular weight is 205 g/mol. The maximum atomic E-state index is 4.28. The van der Waals surface area contributed by atoms with Crippen molar-refractivity contribution < 1.29 is 0 Å². The monoisotopic (exact) mass is 205 g/mol. The summed E-state index contributed by atoms with van der Waals surface area (Å²) in [7, 11) is 2.10. The van der Waals surface area contributed by atoms with Gasteiger partial charge in [0.05, 0.1) is 12.9 Å². The van der Waals surface area contributed by atoms with E-state index in [-0.39, 0.29) is 0 Å². The Labute approximate surface area is 91.8 Å². The smallest absolute Gasteiger partial charge is 0.0868 e. The van der Waals surface area contributed by atoms with Gasteiger partial charge in [-0.15, -0.1) is 0 Å². The van der Waals surface area contributed by atoms with Crippen LogP contribution < -0.4 is 5.32 Å². The predicted octanol–water partition coefficient (Wildman–Crippen LogP) is 2.08. The summed E-state index contributed by atoms with van der Waals surface area (Å²) in [4.78, 5) is 6.51. The first-order valence-corrected chi connectivity index (χ1v) is 5.31. The van der Waals surface area contributed by atoms with E-state index >= 15 is 0 Å².